The Labute approximate surface area is 502 Å². The molecule has 2 nitrogen and oxygen atoms in total. The summed E-state index contributed by atoms with van der Waals surface area (Å²) in [5, 5.41) is 5.06. The van der Waals surface area contributed by atoms with E-state index in [1.807, 2.05) is 0 Å². The summed E-state index contributed by atoms with van der Waals surface area (Å²) >= 11 is 0. The first kappa shape index (κ1) is 51.0. The fourth-order valence-electron chi connectivity index (χ4n) is 18.4. The number of hydrogen-bond donors (Lipinski definition) is 0. The van der Waals surface area contributed by atoms with Gasteiger partial charge in [0.1, 0.15) is 0 Å². The van der Waals surface area contributed by atoms with Gasteiger partial charge in [0.05, 0.1) is 16.7 Å². The summed E-state index contributed by atoms with van der Waals surface area (Å²) < 4.78 is 2.51. The number of fused-ring (bicyclic) bond motifs is 12. The van der Waals surface area contributed by atoms with Crippen LogP contribution in [0.1, 0.15) is 103 Å². The maximum atomic E-state index is 2.64. The minimum Gasteiger partial charge on any atom is -0.310 e. The van der Waals surface area contributed by atoms with Gasteiger partial charge in [-0.25, -0.2) is 0 Å². The molecule has 7 atom stereocenters. The number of anilines is 3. The lowest BCUT2D eigenvalue weighted by Gasteiger charge is -2.76. The fraction of sp³-hybridized carbons (Fsp3) is 0.253. The van der Waals surface area contributed by atoms with E-state index < -0.39 is 0 Å². The van der Waals surface area contributed by atoms with Crippen molar-refractivity contribution in [2.24, 2.45) is 35.0 Å². The molecule has 0 N–H and O–H groups in total. The van der Waals surface area contributed by atoms with Gasteiger partial charge in [-0.05, 0) is 204 Å². The molecular formula is C83H74N2. The van der Waals surface area contributed by atoms with Gasteiger partial charge < -0.3 is 9.47 Å². The van der Waals surface area contributed by atoms with E-state index in [1.165, 1.54) is 131 Å². The summed E-state index contributed by atoms with van der Waals surface area (Å²) in [5.41, 5.74) is 26.7. The van der Waals surface area contributed by atoms with E-state index in [2.05, 4.69) is 288 Å². The lowest BCUT2D eigenvalue weighted by molar-refractivity contribution is -0.231. The molecule has 4 saturated carbocycles. The van der Waals surface area contributed by atoms with Crippen LogP contribution in [-0.4, -0.2) is 4.57 Å². The van der Waals surface area contributed by atoms with Crippen molar-refractivity contribution in [3.63, 3.8) is 0 Å². The van der Waals surface area contributed by atoms with Crippen molar-refractivity contribution in [2.75, 3.05) is 4.90 Å². The van der Waals surface area contributed by atoms with Crippen molar-refractivity contribution in [3.8, 4) is 55.6 Å². The molecule has 85 heavy (non-hydrogen) atoms. The summed E-state index contributed by atoms with van der Waals surface area (Å²) in [5.74, 6) is 3.92. The summed E-state index contributed by atoms with van der Waals surface area (Å²) in [4.78, 5) is 2.52. The standard InChI is InChI=1S/C83H74N2/c1-51-18-14-21-63(42-51)85-75-31-13-10-24-69(75)71-28-17-26-65(79(71)85)54-34-39-62(40-35-54)84(74-30-12-9-23-68(74)70-27-16-20-55-19-15-25-64(78(55)70)57-45-58(80(2,3)4)48-59(46-57)81(5,6)7)61-37-32-53(33-38-61)56-36-41-67-66-22-8-11-29-72(66)83(73(67)47-56)76-44-52-43-60-49-77(83)82(60,76)50-52/h8-17,19-42,45-48,51-52,60,76-77H,18,43-44,49-50H2,1-7H3. The van der Waals surface area contributed by atoms with Crippen molar-refractivity contribution < 1.29 is 0 Å². The number of allylic oxidation sites excluding steroid dienone is 4. The highest BCUT2D eigenvalue weighted by atomic mass is 15.1. The van der Waals surface area contributed by atoms with E-state index in [0.717, 1.165) is 47.2 Å². The molecule has 0 aliphatic heterocycles. The van der Waals surface area contributed by atoms with Crippen LogP contribution in [0, 0.1) is 35.0 Å². The zero-order chi connectivity index (χ0) is 57.3. The number of aromatic nitrogens is 1. The van der Waals surface area contributed by atoms with Gasteiger partial charge >= 0.3 is 0 Å². The average Bonchev–Trinajstić information content (AvgIpc) is 1.49. The van der Waals surface area contributed by atoms with Gasteiger partial charge in [0.2, 0.25) is 0 Å². The maximum Gasteiger partial charge on any atom is 0.0619 e. The Bertz CT molecular complexity index is 4610. The molecule has 416 valence electrons. The maximum absolute atomic E-state index is 2.64. The van der Waals surface area contributed by atoms with Crippen LogP contribution >= 0.6 is 0 Å². The molecule has 2 heteroatoms. The normalized spacial score (nSPS) is 23.2. The number of hydrogen-bond acceptors (Lipinski definition) is 1. The van der Waals surface area contributed by atoms with Crippen LogP contribution in [0.2, 0.25) is 0 Å². The largest absolute Gasteiger partial charge is 0.310 e. The molecular weight excluding hydrogens is 1020 g/mol. The Morgan fingerprint density at radius 1 is 0.482 bits per heavy atom. The minimum absolute atomic E-state index is 0.0143. The third kappa shape index (κ3) is 7.30. The second-order valence-corrected chi connectivity index (χ2v) is 28.6. The highest BCUT2D eigenvalue weighted by molar-refractivity contribution is 6.15. The second-order valence-electron chi connectivity index (χ2n) is 28.6. The number of nitrogens with zero attached hydrogens (tertiary/aromatic N) is 2. The quantitative estimate of drug-likeness (QED) is 0.147. The minimum atomic E-state index is -0.0143. The fourth-order valence-corrected chi connectivity index (χ4v) is 18.4. The lowest BCUT2D eigenvalue weighted by Crippen LogP contribution is -2.73. The van der Waals surface area contributed by atoms with Crippen molar-refractivity contribution in [3.05, 3.63) is 253 Å². The Morgan fingerprint density at radius 3 is 1.84 bits per heavy atom. The molecule has 2 bridgehead atoms. The number of rotatable bonds is 8. The molecule has 10 aromatic carbocycles. The molecule has 11 aromatic rings. The molecule has 2 spiro atoms. The molecule has 6 aliphatic carbocycles. The molecule has 1 aromatic heterocycles. The number of para-hydroxylation sites is 3. The van der Waals surface area contributed by atoms with Crippen LogP contribution in [0.15, 0.2) is 231 Å². The van der Waals surface area contributed by atoms with Crippen molar-refractivity contribution in [1.82, 2.24) is 4.57 Å². The molecule has 6 aliphatic rings. The molecule has 0 saturated heterocycles. The molecule has 1 heterocycles. The predicted octanol–water partition coefficient (Wildman–Crippen LogP) is 22.4. The number of benzene rings is 10. The van der Waals surface area contributed by atoms with Gasteiger partial charge in [-0.2, -0.15) is 0 Å². The molecule has 17 rings (SSSR count). The topological polar surface area (TPSA) is 8.17 Å². The van der Waals surface area contributed by atoms with Gasteiger partial charge in [0, 0.05) is 44.4 Å². The van der Waals surface area contributed by atoms with E-state index in [0.29, 0.717) is 11.3 Å². The second kappa shape index (κ2) is 18.3. The van der Waals surface area contributed by atoms with E-state index >= 15 is 0 Å². The molecule has 4 fully saturated rings. The molecule has 0 radical (unpaired) electrons. The first-order valence-electron chi connectivity index (χ1n) is 31.7. The smallest absolute Gasteiger partial charge is 0.0619 e. The first-order chi connectivity index (χ1) is 41.3. The van der Waals surface area contributed by atoms with Crippen molar-refractivity contribution in [1.29, 1.82) is 0 Å². The van der Waals surface area contributed by atoms with Crippen molar-refractivity contribution in [2.45, 2.75) is 96.8 Å². The zero-order valence-electron chi connectivity index (χ0n) is 50.3. The summed E-state index contributed by atoms with van der Waals surface area (Å²) in [7, 11) is 0. The summed E-state index contributed by atoms with van der Waals surface area (Å²) in [6, 6.07) is 82.1. The SMILES string of the molecule is CC1C=C(n2c3ccccc3c3cccc(-c4ccc(N(c5ccc(-c6ccc7c(c6)C6(c8ccccc8-7)C7CC8CC9CC6C97C8)cc5)c5ccccc5-c5cccc6cccc(-c7cc(C(C)(C)C)cc(C(C)(C)C)c7)c56)cc4)c32)C=CC1. The van der Waals surface area contributed by atoms with Gasteiger partial charge in [-0.1, -0.05) is 230 Å². The Hall–Kier alpha value is -8.46. The highest BCUT2D eigenvalue weighted by Crippen LogP contribution is 2.89. The molecule has 0 amide bonds. The lowest BCUT2D eigenvalue weighted by atomic mass is 9.27. The zero-order valence-corrected chi connectivity index (χ0v) is 50.3. The summed E-state index contributed by atoms with van der Waals surface area (Å²) in [6.45, 7) is 16.4. The third-order valence-electron chi connectivity index (χ3n) is 22.1. The van der Waals surface area contributed by atoms with Gasteiger partial charge in [-0.15, -0.1) is 0 Å². The van der Waals surface area contributed by atoms with Gasteiger partial charge in [0.25, 0.3) is 0 Å². The monoisotopic (exact) mass is 1100 g/mol. The van der Waals surface area contributed by atoms with Crippen LogP contribution in [0.4, 0.5) is 17.1 Å². The average molecular weight is 1100 g/mol. The highest BCUT2D eigenvalue weighted by Gasteiger charge is 2.84. The van der Waals surface area contributed by atoms with E-state index in [1.54, 1.807) is 11.1 Å². The van der Waals surface area contributed by atoms with E-state index in [4.69, 9.17) is 0 Å². The van der Waals surface area contributed by atoms with Crippen LogP contribution in [-0.2, 0) is 16.2 Å². The van der Waals surface area contributed by atoms with Gasteiger partial charge in [-0.3, -0.25) is 0 Å². The Kier molecular flexibility index (Phi) is 11.0. The first-order valence-corrected chi connectivity index (χ1v) is 31.7. The Morgan fingerprint density at radius 2 is 1.09 bits per heavy atom. The van der Waals surface area contributed by atoms with Crippen molar-refractivity contribution >= 4 is 55.3 Å². The Balaban J connectivity index is 0.822. The van der Waals surface area contributed by atoms with E-state index in [9.17, 15) is 0 Å². The van der Waals surface area contributed by atoms with Crippen LogP contribution < -0.4 is 4.90 Å². The van der Waals surface area contributed by atoms with Crippen LogP contribution in [0.5, 0.6) is 0 Å². The molecule has 7 unspecified atom stereocenters. The van der Waals surface area contributed by atoms with E-state index in [-0.39, 0.29) is 16.2 Å². The predicted molar refractivity (Wildman–Crippen MR) is 359 cm³/mol. The van der Waals surface area contributed by atoms with Crippen LogP contribution in [0.3, 0.4) is 0 Å². The summed E-state index contributed by atoms with van der Waals surface area (Å²) in [6.07, 6.45) is 14.0. The van der Waals surface area contributed by atoms with Crippen LogP contribution in [0.25, 0.3) is 93.9 Å². The third-order valence-corrected chi connectivity index (χ3v) is 22.1. The van der Waals surface area contributed by atoms with Gasteiger partial charge in [0.15, 0.2) is 0 Å².